The molecule has 1 heteroatoms. The van der Waals surface area contributed by atoms with Crippen molar-refractivity contribution in [1.29, 1.82) is 0 Å². The van der Waals surface area contributed by atoms with Gasteiger partial charge in [0.1, 0.15) is 0 Å². The first-order valence-corrected chi connectivity index (χ1v) is 9.20. The molecule has 0 fully saturated rings. The second-order valence-electron chi connectivity index (χ2n) is 6.71. The fourth-order valence-electron chi connectivity index (χ4n) is 3.42. The van der Waals surface area contributed by atoms with E-state index in [0.717, 1.165) is 18.4 Å². The van der Waals surface area contributed by atoms with Gasteiger partial charge in [-0.25, -0.2) is 0 Å². The number of hydrogen-bond donors (Lipinski definition) is 1. The zero-order valence-electron chi connectivity index (χ0n) is 14.9. The largest absolute Gasteiger partial charge is 0.326 e. The SMILES string of the molecule is NCc1ccc(-c2cc(C3=CCCC=C3)cc(-c3ccccc3)c2)cc1. The summed E-state index contributed by atoms with van der Waals surface area (Å²) in [6.45, 7) is 0.577. The van der Waals surface area contributed by atoms with E-state index in [1.165, 1.54) is 33.4 Å². The maximum atomic E-state index is 5.75. The van der Waals surface area contributed by atoms with Crippen LogP contribution in [0.25, 0.3) is 27.8 Å². The van der Waals surface area contributed by atoms with E-state index in [9.17, 15) is 0 Å². The number of nitrogens with two attached hydrogens (primary N) is 1. The molecule has 1 aliphatic rings. The molecule has 128 valence electrons. The van der Waals surface area contributed by atoms with Crippen LogP contribution in [-0.2, 0) is 6.54 Å². The predicted octanol–water partition coefficient (Wildman–Crippen LogP) is 6.21. The lowest BCUT2D eigenvalue weighted by molar-refractivity contribution is 1.04. The van der Waals surface area contributed by atoms with Gasteiger partial charge >= 0.3 is 0 Å². The van der Waals surface area contributed by atoms with E-state index in [4.69, 9.17) is 5.73 Å². The lowest BCUT2D eigenvalue weighted by Gasteiger charge is -2.13. The van der Waals surface area contributed by atoms with Gasteiger partial charge in [0.25, 0.3) is 0 Å². The van der Waals surface area contributed by atoms with Gasteiger partial charge < -0.3 is 5.73 Å². The normalized spacial score (nSPS) is 13.5. The second-order valence-corrected chi connectivity index (χ2v) is 6.71. The van der Waals surface area contributed by atoms with Gasteiger partial charge in [0.05, 0.1) is 0 Å². The molecule has 1 aliphatic carbocycles. The standard InChI is InChI=1S/C25H23N/c26-18-19-11-13-22(14-12-19)25-16-23(20-7-3-1-4-8-20)15-24(17-25)21-9-5-2-6-10-21/h1,3-5,7-17H,2,6,18,26H2. The van der Waals surface area contributed by atoms with Crippen molar-refractivity contribution >= 4 is 5.57 Å². The zero-order valence-corrected chi connectivity index (χ0v) is 14.9. The number of allylic oxidation sites excluding steroid dienone is 4. The van der Waals surface area contributed by atoms with Crippen molar-refractivity contribution in [2.45, 2.75) is 19.4 Å². The summed E-state index contributed by atoms with van der Waals surface area (Å²) in [6.07, 6.45) is 9.10. The summed E-state index contributed by atoms with van der Waals surface area (Å²) in [6, 6.07) is 26.0. The van der Waals surface area contributed by atoms with E-state index in [0.29, 0.717) is 6.54 Å². The Hall–Kier alpha value is -2.90. The van der Waals surface area contributed by atoms with E-state index >= 15 is 0 Å². The Morgan fingerprint density at radius 1 is 0.654 bits per heavy atom. The van der Waals surface area contributed by atoms with Crippen molar-refractivity contribution in [3.8, 4) is 22.3 Å². The average molecular weight is 337 g/mol. The minimum atomic E-state index is 0.577. The molecule has 1 nitrogen and oxygen atoms in total. The highest BCUT2D eigenvalue weighted by Crippen LogP contribution is 2.32. The van der Waals surface area contributed by atoms with E-state index in [1.54, 1.807) is 0 Å². The highest BCUT2D eigenvalue weighted by atomic mass is 14.5. The van der Waals surface area contributed by atoms with Crippen LogP contribution in [0, 0.1) is 0 Å². The Labute approximate surface area is 155 Å². The molecule has 3 aromatic carbocycles. The van der Waals surface area contributed by atoms with Crippen LogP contribution in [0.1, 0.15) is 24.0 Å². The van der Waals surface area contributed by atoms with E-state index in [1.807, 2.05) is 0 Å². The molecular weight excluding hydrogens is 314 g/mol. The third kappa shape index (κ3) is 3.54. The fourth-order valence-corrected chi connectivity index (χ4v) is 3.42. The van der Waals surface area contributed by atoms with Gasteiger partial charge in [-0.15, -0.1) is 0 Å². The van der Waals surface area contributed by atoms with Crippen LogP contribution in [-0.4, -0.2) is 0 Å². The van der Waals surface area contributed by atoms with Crippen LogP contribution >= 0.6 is 0 Å². The van der Waals surface area contributed by atoms with Gasteiger partial charge in [0.2, 0.25) is 0 Å². The quantitative estimate of drug-likeness (QED) is 0.601. The molecule has 0 amide bonds. The Kier molecular flexibility index (Phi) is 4.81. The van der Waals surface area contributed by atoms with Crippen molar-refractivity contribution in [1.82, 2.24) is 0 Å². The van der Waals surface area contributed by atoms with Crippen LogP contribution < -0.4 is 5.73 Å². The molecule has 0 spiro atoms. The fraction of sp³-hybridized carbons (Fsp3) is 0.120. The van der Waals surface area contributed by atoms with Crippen LogP contribution in [0.5, 0.6) is 0 Å². The molecule has 0 aliphatic heterocycles. The molecule has 0 radical (unpaired) electrons. The van der Waals surface area contributed by atoms with Gasteiger partial charge in [-0.05, 0) is 70.0 Å². The first kappa shape index (κ1) is 16.6. The summed E-state index contributed by atoms with van der Waals surface area (Å²) in [5.74, 6) is 0. The van der Waals surface area contributed by atoms with Gasteiger partial charge in [-0.2, -0.15) is 0 Å². The summed E-state index contributed by atoms with van der Waals surface area (Å²) in [4.78, 5) is 0. The van der Waals surface area contributed by atoms with Crippen molar-refractivity contribution in [2.24, 2.45) is 5.73 Å². The first-order chi connectivity index (χ1) is 12.8. The van der Waals surface area contributed by atoms with Crippen LogP contribution in [0.4, 0.5) is 0 Å². The Morgan fingerprint density at radius 3 is 1.92 bits per heavy atom. The van der Waals surface area contributed by atoms with Crippen molar-refractivity contribution in [3.63, 3.8) is 0 Å². The summed E-state index contributed by atoms with van der Waals surface area (Å²) in [5, 5.41) is 0. The minimum Gasteiger partial charge on any atom is -0.326 e. The molecule has 0 aromatic heterocycles. The third-order valence-corrected chi connectivity index (χ3v) is 4.89. The Bertz CT molecular complexity index is 947. The second kappa shape index (κ2) is 7.55. The third-order valence-electron chi connectivity index (χ3n) is 4.89. The highest BCUT2D eigenvalue weighted by molar-refractivity contribution is 5.83. The van der Waals surface area contributed by atoms with Gasteiger partial charge in [-0.3, -0.25) is 0 Å². The molecule has 0 saturated heterocycles. The molecule has 3 aromatic rings. The number of benzene rings is 3. The van der Waals surface area contributed by atoms with E-state index < -0.39 is 0 Å². The molecule has 0 bridgehead atoms. The van der Waals surface area contributed by atoms with Crippen LogP contribution in [0.2, 0.25) is 0 Å². The monoisotopic (exact) mass is 337 g/mol. The molecule has 0 atom stereocenters. The molecule has 4 rings (SSSR count). The van der Waals surface area contributed by atoms with Crippen molar-refractivity contribution in [2.75, 3.05) is 0 Å². The molecular formula is C25H23N. The van der Waals surface area contributed by atoms with Gasteiger partial charge in [-0.1, -0.05) is 72.8 Å². The maximum Gasteiger partial charge on any atom is 0.0178 e. The van der Waals surface area contributed by atoms with E-state index in [2.05, 4.69) is 91.0 Å². The molecule has 0 saturated carbocycles. The molecule has 2 N–H and O–H groups in total. The van der Waals surface area contributed by atoms with Crippen molar-refractivity contribution in [3.05, 3.63) is 102 Å². The van der Waals surface area contributed by atoms with Gasteiger partial charge in [0, 0.05) is 6.54 Å². The lowest BCUT2D eigenvalue weighted by Crippen LogP contribution is -1.95. The summed E-state index contributed by atoms with van der Waals surface area (Å²) in [7, 11) is 0. The summed E-state index contributed by atoms with van der Waals surface area (Å²) < 4.78 is 0. The Morgan fingerprint density at radius 2 is 1.31 bits per heavy atom. The zero-order chi connectivity index (χ0) is 17.8. The van der Waals surface area contributed by atoms with E-state index in [-0.39, 0.29) is 0 Å². The predicted molar refractivity (Wildman–Crippen MR) is 112 cm³/mol. The molecule has 0 heterocycles. The number of rotatable bonds is 4. The number of hydrogen-bond acceptors (Lipinski definition) is 1. The summed E-state index contributed by atoms with van der Waals surface area (Å²) in [5.41, 5.74) is 14.5. The Balaban J connectivity index is 1.84. The maximum absolute atomic E-state index is 5.75. The average Bonchev–Trinajstić information content (AvgIpc) is 2.75. The first-order valence-electron chi connectivity index (χ1n) is 9.20. The van der Waals surface area contributed by atoms with Crippen LogP contribution in [0.3, 0.4) is 0 Å². The molecule has 26 heavy (non-hydrogen) atoms. The van der Waals surface area contributed by atoms with Crippen molar-refractivity contribution < 1.29 is 0 Å². The van der Waals surface area contributed by atoms with Crippen LogP contribution in [0.15, 0.2) is 91.0 Å². The molecule has 0 unspecified atom stereocenters. The highest BCUT2D eigenvalue weighted by Gasteiger charge is 2.09. The smallest absolute Gasteiger partial charge is 0.0178 e. The minimum absolute atomic E-state index is 0.577. The van der Waals surface area contributed by atoms with Gasteiger partial charge in [0.15, 0.2) is 0 Å². The topological polar surface area (TPSA) is 26.0 Å². The summed E-state index contributed by atoms with van der Waals surface area (Å²) >= 11 is 0. The lowest BCUT2D eigenvalue weighted by atomic mass is 9.91.